The van der Waals surface area contributed by atoms with Crippen molar-refractivity contribution in [3.8, 4) is 0 Å². The molecule has 0 aliphatic rings. The van der Waals surface area contributed by atoms with Crippen LogP contribution in [0, 0.1) is 12.7 Å². The van der Waals surface area contributed by atoms with Gasteiger partial charge in [0.15, 0.2) is 5.78 Å². The zero-order valence-electron chi connectivity index (χ0n) is 10.7. The molecule has 2 aromatic carbocycles. The minimum atomic E-state index is -0.420. The van der Waals surface area contributed by atoms with Crippen LogP contribution in [0.25, 0.3) is 10.9 Å². The Hall–Kier alpha value is -2.13. The lowest BCUT2D eigenvalue weighted by Gasteiger charge is -2.04. The number of aryl methyl sites for hydroxylation is 1. The molecule has 20 heavy (non-hydrogen) atoms. The number of hydrogen-bond acceptors (Lipinski definition) is 1. The molecule has 1 aromatic heterocycles. The van der Waals surface area contributed by atoms with Crippen molar-refractivity contribution in [1.29, 1.82) is 0 Å². The molecule has 4 heteroatoms. The summed E-state index contributed by atoms with van der Waals surface area (Å²) in [7, 11) is 0. The number of aromatic amines is 1. The van der Waals surface area contributed by atoms with E-state index in [0.717, 1.165) is 16.5 Å². The van der Waals surface area contributed by atoms with Crippen molar-refractivity contribution < 1.29 is 9.18 Å². The summed E-state index contributed by atoms with van der Waals surface area (Å²) < 4.78 is 13.3. The van der Waals surface area contributed by atoms with E-state index in [2.05, 4.69) is 4.98 Å². The third kappa shape index (κ3) is 2.10. The average Bonchev–Trinajstić information content (AvgIpc) is 2.83. The number of H-pyrrole nitrogens is 1. The summed E-state index contributed by atoms with van der Waals surface area (Å²) in [6, 6.07) is 9.51. The van der Waals surface area contributed by atoms with Crippen LogP contribution in [0.2, 0.25) is 5.02 Å². The van der Waals surface area contributed by atoms with Crippen LogP contribution >= 0.6 is 11.6 Å². The number of aromatic nitrogens is 1. The number of carbonyl (C=O) groups is 1. The van der Waals surface area contributed by atoms with Crippen molar-refractivity contribution in [2.24, 2.45) is 0 Å². The van der Waals surface area contributed by atoms with Crippen LogP contribution in [0.1, 0.15) is 21.5 Å². The van der Waals surface area contributed by atoms with Crippen molar-refractivity contribution in [2.75, 3.05) is 0 Å². The lowest BCUT2D eigenvalue weighted by molar-refractivity contribution is 0.103. The summed E-state index contributed by atoms with van der Waals surface area (Å²) in [6.45, 7) is 1.79. The monoisotopic (exact) mass is 287 g/mol. The van der Waals surface area contributed by atoms with Crippen molar-refractivity contribution in [3.05, 3.63) is 70.1 Å². The maximum Gasteiger partial charge on any atom is 0.195 e. The van der Waals surface area contributed by atoms with E-state index in [1.165, 1.54) is 12.1 Å². The van der Waals surface area contributed by atoms with Gasteiger partial charge in [-0.2, -0.15) is 0 Å². The summed E-state index contributed by atoms with van der Waals surface area (Å²) in [5.41, 5.74) is 2.43. The Balaban J connectivity index is 2.17. The molecule has 0 saturated heterocycles. The van der Waals surface area contributed by atoms with E-state index in [0.29, 0.717) is 16.1 Å². The fourth-order valence-electron chi connectivity index (χ4n) is 2.26. The Morgan fingerprint density at radius 3 is 2.75 bits per heavy atom. The Bertz CT molecular complexity index is 822. The van der Waals surface area contributed by atoms with Gasteiger partial charge in [0.2, 0.25) is 0 Å². The average molecular weight is 288 g/mol. The molecule has 100 valence electrons. The van der Waals surface area contributed by atoms with E-state index in [1.807, 2.05) is 6.07 Å². The lowest BCUT2D eigenvalue weighted by Crippen LogP contribution is -2.03. The van der Waals surface area contributed by atoms with Gasteiger partial charge in [-0.05, 0) is 42.8 Å². The zero-order valence-corrected chi connectivity index (χ0v) is 11.5. The Morgan fingerprint density at radius 2 is 1.95 bits per heavy atom. The fraction of sp³-hybridized carbons (Fsp3) is 0.0625. The van der Waals surface area contributed by atoms with Gasteiger partial charge in [0.25, 0.3) is 0 Å². The number of carbonyl (C=O) groups excluding carboxylic acids is 1. The molecular weight excluding hydrogens is 277 g/mol. The van der Waals surface area contributed by atoms with Crippen molar-refractivity contribution in [3.63, 3.8) is 0 Å². The number of fused-ring (bicyclic) bond motifs is 1. The minimum absolute atomic E-state index is 0.212. The lowest BCUT2D eigenvalue weighted by atomic mass is 9.98. The van der Waals surface area contributed by atoms with Crippen LogP contribution in [0.15, 0.2) is 42.6 Å². The fourth-order valence-corrected chi connectivity index (χ4v) is 2.44. The molecule has 0 atom stereocenters. The molecule has 0 saturated carbocycles. The van der Waals surface area contributed by atoms with Crippen molar-refractivity contribution in [2.45, 2.75) is 6.92 Å². The number of halogens is 2. The highest BCUT2D eigenvalue weighted by atomic mass is 35.5. The number of rotatable bonds is 2. The van der Waals surface area contributed by atoms with E-state index in [9.17, 15) is 9.18 Å². The largest absolute Gasteiger partial charge is 0.360 e. The molecule has 0 unspecified atom stereocenters. The van der Waals surface area contributed by atoms with Crippen LogP contribution in [0.4, 0.5) is 4.39 Å². The third-order valence-electron chi connectivity index (χ3n) is 3.33. The molecule has 3 rings (SSSR count). The standard InChI is InChI=1S/C16H11ClFNO/c1-9-2-4-11(18)7-12(9)16(20)14-8-19-15-5-3-10(17)6-13(14)15/h2-8,19H,1H3. The summed E-state index contributed by atoms with van der Waals surface area (Å²) in [5.74, 6) is -0.632. The second-order valence-corrected chi connectivity index (χ2v) is 5.12. The normalized spacial score (nSPS) is 10.9. The van der Waals surface area contributed by atoms with E-state index in [-0.39, 0.29) is 5.78 Å². The second-order valence-electron chi connectivity index (χ2n) is 4.68. The maximum absolute atomic E-state index is 13.3. The van der Waals surface area contributed by atoms with Crippen molar-refractivity contribution >= 4 is 28.3 Å². The van der Waals surface area contributed by atoms with E-state index >= 15 is 0 Å². The van der Waals surface area contributed by atoms with Gasteiger partial charge in [-0.3, -0.25) is 4.79 Å². The highest BCUT2D eigenvalue weighted by Crippen LogP contribution is 2.25. The minimum Gasteiger partial charge on any atom is -0.360 e. The molecular formula is C16H11ClFNO. The topological polar surface area (TPSA) is 32.9 Å². The predicted octanol–water partition coefficient (Wildman–Crippen LogP) is 4.50. The van der Waals surface area contributed by atoms with Gasteiger partial charge in [-0.1, -0.05) is 17.7 Å². The highest BCUT2D eigenvalue weighted by molar-refractivity contribution is 6.31. The molecule has 0 aliphatic carbocycles. The number of nitrogens with one attached hydrogen (secondary N) is 1. The first kappa shape index (κ1) is 12.9. The first-order chi connectivity index (χ1) is 9.56. The van der Waals surface area contributed by atoms with E-state index in [1.54, 1.807) is 31.3 Å². The first-order valence-corrected chi connectivity index (χ1v) is 6.51. The van der Waals surface area contributed by atoms with Crippen LogP contribution in [-0.4, -0.2) is 10.8 Å². The highest BCUT2D eigenvalue weighted by Gasteiger charge is 2.16. The quantitative estimate of drug-likeness (QED) is 0.692. The summed E-state index contributed by atoms with van der Waals surface area (Å²) in [5, 5.41) is 1.30. The van der Waals surface area contributed by atoms with Gasteiger partial charge in [0.1, 0.15) is 5.82 Å². The molecule has 0 spiro atoms. The molecule has 1 heterocycles. The maximum atomic E-state index is 13.3. The van der Waals surface area contributed by atoms with Gasteiger partial charge in [0.05, 0.1) is 0 Å². The van der Waals surface area contributed by atoms with Crippen molar-refractivity contribution in [1.82, 2.24) is 4.98 Å². The zero-order chi connectivity index (χ0) is 14.3. The van der Waals surface area contributed by atoms with Crippen LogP contribution in [-0.2, 0) is 0 Å². The van der Waals surface area contributed by atoms with Gasteiger partial charge < -0.3 is 4.98 Å². The molecule has 0 bridgehead atoms. The van der Waals surface area contributed by atoms with Gasteiger partial charge in [-0.15, -0.1) is 0 Å². The van der Waals surface area contributed by atoms with E-state index in [4.69, 9.17) is 11.6 Å². The second kappa shape index (κ2) is 4.76. The molecule has 2 nitrogen and oxygen atoms in total. The molecule has 0 amide bonds. The predicted molar refractivity (Wildman–Crippen MR) is 77.9 cm³/mol. The third-order valence-corrected chi connectivity index (χ3v) is 3.57. The number of hydrogen-bond donors (Lipinski definition) is 1. The first-order valence-electron chi connectivity index (χ1n) is 6.14. The van der Waals surface area contributed by atoms with Crippen LogP contribution in [0.3, 0.4) is 0 Å². The molecule has 3 aromatic rings. The Morgan fingerprint density at radius 1 is 1.15 bits per heavy atom. The van der Waals surface area contributed by atoms with E-state index < -0.39 is 5.82 Å². The summed E-state index contributed by atoms with van der Waals surface area (Å²) in [4.78, 5) is 15.6. The molecule has 1 N–H and O–H groups in total. The molecule has 0 radical (unpaired) electrons. The summed E-state index contributed by atoms with van der Waals surface area (Å²) in [6.07, 6.45) is 1.63. The van der Waals surface area contributed by atoms with Crippen LogP contribution in [0.5, 0.6) is 0 Å². The Labute approximate surface area is 120 Å². The summed E-state index contributed by atoms with van der Waals surface area (Å²) >= 11 is 5.97. The SMILES string of the molecule is Cc1ccc(F)cc1C(=O)c1c[nH]c2ccc(Cl)cc12. The molecule has 0 fully saturated rings. The van der Waals surface area contributed by atoms with Gasteiger partial charge in [-0.25, -0.2) is 4.39 Å². The van der Waals surface area contributed by atoms with Gasteiger partial charge >= 0.3 is 0 Å². The number of ketones is 1. The number of benzene rings is 2. The Kier molecular flexibility index (Phi) is 3.07. The molecule has 0 aliphatic heterocycles. The van der Waals surface area contributed by atoms with Crippen LogP contribution < -0.4 is 0 Å². The van der Waals surface area contributed by atoms with Gasteiger partial charge in [0, 0.05) is 33.2 Å². The smallest absolute Gasteiger partial charge is 0.195 e.